The van der Waals surface area contributed by atoms with Crippen molar-refractivity contribution in [3.63, 3.8) is 0 Å². The molecule has 226 valence electrons. The monoisotopic (exact) mass is 615 g/mol. The topological polar surface area (TPSA) is 105 Å². The Labute approximate surface area is 253 Å². The van der Waals surface area contributed by atoms with Gasteiger partial charge in [-0.15, -0.1) is 0 Å². The normalized spacial score (nSPS) is 11.8. The van der Waals surface area contributed by atoms with Gasteiger partial charge in [0.25, 0.3) is 0 Å². The summed E-state index contributed by atoms with van der Waals surface area (Å²) in [6.45, 7) is 1.93. The number of nitrogens with zero attached hydrogens (tertiary/aromatic N) is 2. The molecular formula is C31H38ClN3O6S. The molecular weight excluding hydrogens is 578 g/mol. The Morgan fingerprint density at radius 2 is 1.62 bits per heavy atom. The van der Waals surface area contributed by atoms with E-state index in [0.717, 1.165) is 29.0 Å². The van der Waals surface area contributed by atoms with Crippen molar-refractivity contribution in [1.29, 1.82) is 0 Å². The number of rotatable bonds is 15. The van der Waals surface area contributed by atoms with Gasteiger partial charge in [0.2, 0.25) is 21.8 Å². The van der Waals surface area contributed by atoms with E-state index in [1.807, 2.05) is 37.3 Å². The molecule has 42 heavy (non-hydrogen) atoms. The summed E-state index contributed by atoms with van der Waals surface area (Å²) in [6, 6.07) is 20.1. The van der Waals surface area contributed by atoms with Crippen LogP contribution in [0.1, 0.15) is 30.9 Å². The molecule has 0 fully saturated rings. The minimum atomic E-state index is -3.93. The van der Waals surface area contributed by atoms with Gasteiger partial charge in [-0.05, 0) is 35.7 Å². The number of ether oxygens (including phenoxy) is 2. The van der Waals surface area contributed by atoms with E-state index in [1.165, 1.54) is 31.3 Å². The average Bonchev–Trinajstić information content (AvgIpc) is 2.98. The Kier molecular flexibility index (Phi) is 12.1. The summed E-state index contributed by atoms with van der Waals surface area (Å²) in [5.74, 6) is -0.180. The zero-order valence-electron chi connectivity index (χ0n) is 24.4. The Morgan fingerprint density at radius 3 is 2.24 bits per heavy atom. The van der Waals surface area contributed by atoms with E-state index in [0.29, 0.717) is 28.6 Å². The highest BCUT2D eigenvalue weighted by molar-refractivity contribution is 7.92. The van der Waals surface area contributed by atoms with Gasteiger partial charge in [0.1, 0.15) is 12.6 Å². The van der Waals surface area contributed by atoms with E-state index in [1.54, 1.807) is 30.3 Å². The fraction of sp³-hybridized carbons (Fsp3) is 0.355. The molecule has 0 spiro atoms. The highest BCUT2D eigenvalue weighted by Crippen LogP contribution is 2.32. The molecule has 0 aromatic heterocycles. The SMILES string of the molecule is CCCCNC(=O)[C@@H](Cc1ccccc1)N(Cc1ccccc1Cl)C(=O)CN(c1ccc(OC)c(OC)c1)S(C)(=O)=O. The largest absolute Gasteiger partial charge is 0.493 e. The number of amides is 2. The van der Waals surface area contributed by atoms with E-state index < -0.39 is 28.5 Å². The van der Waals surface area contributed by atoms with Gasteiger partial charge < -0.3 is 19.7 Å². The maximum Gasteiger partial charge on any atom is 0.244 e. The zero-order valence-corrected chi connectivity index (χ0v) is 26.0. The fourth-order valence-electron chi connectivity index (χ4n) is 4.46. The minimum absolute atomic E-state index is 0.000734. The number of carbonyl (C=O) groups excluding carboxylic acids is 2. The molecule has 0 aliphatic carbocycles. The van der Waals surface area contributed by atoms with Crippen molar-refractivity contribution in [2.24, 2.45) is 0 Å². The molecule has 0 saturated carbocycles. The molecule has 0 bridgehead atoms. The van der Waals surface area contributed by atoms with E-state index >= 15 is 0 Å². The summed E-state index contributed by atoms with van der Waals surface area (Å²) in [4.78, 5) is 29.2. The lowest BCUT2D eigenvalue weighted by molar-refractivity contribution is -0.140. The van der Waals surface area contributed by atoms with Crippen LogP contribution >= 0.6 is 11.6 Å². The van der Waals surface area contributed by atoms with Gasteiger partial charge in [-0.2, -0.15) is 0 Å². The third kappa shape index (κ3) is 8.87. The van der Waals surface area contributed by atoms with Gasteiger partial charge in [0.15, 0.2) is 11.5 Å². The van der Waals surface area contributed by atoms with Crippen LogP contribution in [0.3, 0.4) is 0 Å². The van der Waals surface area contributed by atoms with Crippen LogP contribution in [0.4, 0.5) is 5.69 Å². The fourth-order valence-corrected chi connectivity index (χ4v) is 5.50. The van der Waals surface area contributed by atoms with Crippen LogP contribution in [-0.2, 0) is 32.6 Å². The molecule has 2 amide bonds. The summed E-state index contributed by atoms with van der Waals surface area (Å²) in [5, 5.41) is 3.39. The molecule has 0 saturated heterocycles. The first-order valence-corrected chi connectivity index (χ1v) is 15.9. The highest BCUT2D eigenvalue weighted by Gasteiger charge is 2.33. The van der Waals surface area contributed by atoms with E-state index in [4.69, 9.17) is 21.1 Å². The van der Waals surface area contributed by atoms with Gasteiger partial charge in [-0.3, -0.25) is 13.9 Å². The predicted octanol–water partition coefficient (Wildman–Crippen LogP) is 4.68. The van der Waals surface area contributed by atoms with Crippen LogP contribution in [0.15, 0.2) is 72.8 Å². The van der Waals surface area contributed by atoms with E-state index in [-0.39, 0.29) is 24.6 Å². The minimum Gasteiger partial charge on any atom is -0.493 e. The molecule has 3 aromatic carbocycles. The highest BCUT2D eigenvalue weighted by atomic mass is 35.5. The smallest absolute Gasteiger partial charge is 0.244 e. The second-order valence-corrected chi connectivity index (χ2v) is 12.1. The van der Waals surface area contributed by atoms with Gasteiger partial charge >= 0.3 is 0 Å². The first-order valence-electron chi connectivity index (χ1n) is 13.6. The maximum absolute atomic E-state index is 14.2. The predicted molar refractivity (Wildman–Crippen MR) is 166 cm³/mol. The van der Waals surface area contributed by atoms with Gasteiger partial charge in [-0.1, -0.05) is 73.5 Å². The number of sulfonamides is 1. The second-order valence-electron chi connectivity index (χ2n) is 9.77. The number of carbonyl (C=O) groups is 2. The molecule has 3 rings (SSSR count). The van der Waals surface area contributed by atoms with Gasteiger partial charge in [0.05, 0.1) is 26.2 Å². The van der Waals surface area contributed by atoms with Crippen LogP contribution in [0.2, 0.25) is 5.02 Å². The molecule has 0 aliphatic heterocycles. The molecule has 0 heterocycles. The summed E-state index contributed by atoms with van der Waals surface area (Å²) in [7, 11) is -1.02. The molecule has 0 unspecified atom stereocenters. The van der Waals surface area contributed by atoms with Crippen LogP contribution in [-0.4, -0.2) is 64.7 Å². The van der Waals surface area contributed by atoms with E-state index in [2.05, 4.69) is 5.32 Å². The number of benzene rings is 3. The first kappa shape index (κ1) is 32.8. The van der Waals surface area contributed by atoms with Crippen molar-refractivity contribution in [3.05, 3.63) is 88.9 Å². The number of unbranched alkanes of at least 4 members (excludes halogenated alkanes) is 1. The van der Waals surface area contributed by atoms with Crippen LogP contribution < -0.4 is 19.1 Å². The molecule has 0 aliphatic rings. The van der Waals surface area contributed by atoms with Gasteiger partial charge in [0, 0.05) is 30.6 Å². The third-order valence-corrected chi connectivity index (χ3v) is 8.24. The Morgan fingerprint density at radius 1 is 0.952 bits per heavy atom. The molecule has 3 aromatic rings. The van der Waals surface area contributed by atoms with Crippen molar-refractivity contribution < 1.29 is 27.5 Å². The summed E-state index contributed by atoms with van der Waals surface area (Å²) >= 11 is 6.49. The lowest BCUT2D eigenvalue weighted by atomic mass is 10.0. The zero-order chi connectivity index (χ0) is 30.7. The molecule has 1 N–H and O–H groups in total. The quantitative estimate of drug-likeness (QED) is 0.249. The number of methoxy groups -OCH3 is 2. The lowest BCUT2D eigenvalue weighted by Gasteiger charge is -2.33. The number of hydrogen-bond donors (Lipinski definition) is 1. The van der Waals surface area contributed by atoms with Crippen molar-refractivity contribution in [1.82, 2.24) is 10.2 Å². The van der Waals surface area contributed by atoms with Crippen LogP contribution in [0.25, 0.3) is 0 Å². The molecule has 1 atom stereocenters. The van der Waals surface area contributed by atoms with Crippen LogP contribution in [0, 0.1) is 0 Å². The molecule has 11 heteroatoms. The summed E-state index contributed by atoms with van der Waals surface area (Å²) in [5.41, 5.74) is 1.70. The Balaban J connectivity index is 2.07. The summed E-state index contributed by atoms with van der Waals surface area (Å²) in [6.07, 6.45) is 2.92. The average molecular weight is 616 g/mol. The Bertz CT molecular complexity index is 1450. The van der Waals surface area contributed by atoms with Crippen molar-refractivity contribution in [3.8, 4) is 11.5 Å². The number of anilines is 1. The second kappa shape index (κ2) is 15.5. The Hall–Kier alpha value is -3.76. The van der Waals surface area contributed by atoms with Crippen molar-refractivity contribution >= 4 is 39.1 Å². The molecule has 9 nitrogen and oxygen atoms in total. The first-order chi connectivity index (χ1) is 20.1. The van der Waals surface area contributed by atoms with Crippen molar-refractivity contribution in [2.75, 3.05) is 37.9 Å². The summed E-state index contributed by atoms with van der Waals surface area (Å²) < 4.78 is 37.6. The van der Waals surface area contributed by atoms with Crippen molar-refractivity contribution in [2.45, 2.75) is 38.8 Å². The third-order valence-electron chi connectivity index (χ3n) is 6.73. The van der Waals surface area contributed by atoms with E-state index in [9.17, 15) is 18.0 Å². The number of nitrogens with one attached hydrogen (secondary N) is 1. The lowest BCUT2D eigenvalue weighted by Crippen LogP contribution is -2.53. The van der Waals surface area contributed by atoms with Crippen LogP contribution in [0.5, 0.6) is 11.5 Å². The number of hydrogen-bond acceptors (Lipinski definition) is 6. The van der Waals surface area contributed by atoms with Gasteiger partial charge in [-0.25, -0.2) is 8.42 Å². The maximum atomic E-state index is 14.2. The molecule has 0 radical (unpaired) electrons. The standard InChI is InChI=1S/C31H38ClN3O6S/c1-5-6-18-33-31(37)27(19-23-12-8-7-9-13-23)34(21-24-14-10-11-15-26(24)32)30(36)22-35(42(4,38)39)25-16-17-28(40-2)29(20-25)41-3/h7-17,20,27H,5-6,18-19,21-22H2,1-4H3,(H,33,37)/t27-/m1/s1. The number of halogens is 1.